The third kappa shape index (κ3) is 1.61. The first-order valence-corrected chi connectivity index (χ1v) is 7.79. The van der Waals surface area contributed by atoms with Crippen molar-refractivity contribution in [2.24, 2.45) is 29.6 Å². The Hall–Kier alpha value is 0.510. The molecule has 1 saturated heterocycles. The van der Waals surface area contributed by atoms with Gasteiger partial charge in [0.1, 0.15) is 0 Å². The number of esters is 2. The fourth-order valence-corrected chi connectivity index (χ4v) is 6.90. The van der Waals surface area contributed by atoms with Gasteiger partial charge >= 0.3 is 11.9 Å². The molecule has 7 heteroatoms. The smallest absolute Gasteiger partial charge is 0.317 e. The zero-order chi connectivity index (χ0) is 12.5. The Bertz CT molecular complexity index is 408. The topological polar surface area (TPSA) is 43.4 Å². The van der Waals surface area contributed by atoms with E-state index in [9.17, 15) is 14.0 Å². The van der Waals surface area contributed by atoms with E-state index in [-0.39, 0.29) is 28.5 Å². The molecule has 0 aromatic rings. The third-order valence-electron chi connectivity index (χ3n) is 4.19. The number of cyclic esters (lactones) is 2. The van der Waals surface area contributed by atoms with Gasteiger partial charge in [-0.05, 0) is 50.1 Å². The summed E-state index contributed by atoms with van der Waals surface area (Å²) in [6.07, 6.45) is 0.694. The molecule has 6 unspecified atom stereocenters. The third-order valence-corrected chi connectivity index (χ3v) is 6.50. The van der Waals surface area contributed by atoms with Gasteiger partial charge in [-0.2, -0.15) is 0 Å². The average Bonchev–Trinajstić information content (AvgIpc) is 2.76. The number of carbonyl (C=O) groups excluding carboxylic acids is 2. The second kappa shape index (κ2) is 3.76. The fraction of sp³-hybridized carbons (Fsp3) is 0.800. The van der Waals surface area contributed by atoms with Gasteiger partial charge in [-0.1, -0.05) is 15.9 Å². The van der Waals surface area contributed by atoms with Crippen molar-refractivity contribution in [1.29, 1.82) is 0 Å². The summed E-state index contributed by atoms with van der Waals surface area (Å²) in [7, 11) is 0. The largest absolute Gasteiger partial charge is 0.393 e. The molecule has 0 amide bonds. The van der Waals surface area contributed by atoms with E-state index in [1.54, 1.807) is 0 Å². The van der Waals surface area contributed by atoms with Crippen LogP contribution in [-0.4, -0.2) is 20.3 Å². The van der Waals surface area contributed by atoms with E-state index in [4.69, 9.17) is 0 Å². The summed E-state index contributed by atoms with van der Waals surface area (Å²) in [5.74, 6) is -2.32. The molecular formula is C10H8Br3FO3. The van der Waals surface area contributed by atoms with E-state index >= 15 is 0 Å². The average molecular weight is 435 g/mol. The van der Waals surface area contributed by atoms with Crippen molar-refractivity contribution in [3.63, 3.8) is 0 Å². The van der Waals surface area contributed by atoms with Crippen LogP contribution in [-0.2, 0) is 14.3 Å². The van der Waals surface area contributed by atoms with E-state index < -0.39 is 21.3 Å². The van der Waals surface area contributed by atoms with Crippen molar-refractivity contribution in [1.82, 2.24) is 0 Å². The summed E-state index contributed by atoms with van der Waals surface area (Å²) in [6, 6.07) is 0. The standard InChI is InChI=1S/C10H8Br3FO3/c11-7-3-1-2(6(7)10(12,13)14)4-5(3)9(16)17-8(4)15/h2-7H,1H2. The number of carbonyl (C=O) groups is 2. The molecule has 94 valence electrons. The number of fused-ring (bicyclic) bond motifs is 5. The van der Waals surface area contributed by atoms with Gasteiger partial charge in [-0.3, -0.25) is 9.59 Å². The molecule has 1 aliphatic heterocycles. The van der Waals surface area contributed by atoms with Crippen LogP contribution < -0.4 is 0 Å². The number of hydrogen-bond acceptors (Lipinski definition) is 3. The Morgan fingerprint density at radius 1 is 1.18 bits per heavy atom. The van der Waals surface area contributed by atoms with Gasteiger partial charge in [-0.15, -0.1) is 0 Å². The van der Waals surface area contributed by atoms with Crippen molar-refractivity contribution in [3.05, 3.63) is 0 Å². The van der Waals surface area contributed by atoms with Gasteiger partial charge in [0.2, 0.25) is 3.49 Å². The number of ether oxygens (including phenoxy) is 1. The highest BCUT2D eigenvalue weighted by Gasteiger charge is 2.69. The molecule has 0 spiro atoms. The van der Waals surface area contributed by atoms with Crippen LogP contribution in [0.15, 0.2) is 0 Å². The van der Waals surface area contributed by atoms with Crippen LogP contribution >= 0.6 is 47.8 Å². The molecule has 2 aliphatic carbocycles. The molecule has 0 N–H and O–H groups in total. The Labute approximate surface area is 122 Å². The van der Waals surface area contributed by atoms with E-state index in [1.807, 2.05) is 0 Å². The van der Waals surface area contributed by atoms with E-state index in [1.165, 1.54) is 0 Å². The lowest BCUT2D eigenvalue weighted by Crippen LogP contribution is -2.42. The van der Waals surface area contributed by atoms with Gasteiger partial charge in [0.25, 0.3) is 0 Å². The lowest BCUT2D eigenvalue weighted by molar-refractivity contribution is -0.154. The van der Waals surface area contributed by atoms with E-state index in [0.717, 1.165) is 0 Å². The molecule has 2 bridgehead atoms. The quantitative estimate of drug-likeness (QED) is 0.362. The van der Waals surface area contributed by atoms with Crippen LogP contribution in [0.2, 0.25) is 0 Å². The van der Waals surface area contributed by atoms with Crippen LogP contribution in [0.1, 0.15) is 6.42 Å². The lowest BCUT2D eigenvalue weighted by Gasteiger charge is -2.35. The highest BCUT2D eigenvalue weighted by atomic mass is 79.9. The summed E-state index contributed by atoms with van der Waals surface area (Å²) in [6.45, 7) is 0. The highest BCUT2D eigenvalue weighted by molar-refractivity contribution is 9.25. The van der Waals surface area contributed by atoms with Crippen LogP contribution in [0.4, 0.5) is 4.39 Å². The Kier molecular flexibility index (Phi) is 2.77. The van der Waals surface area contributed by atoms with Gasteiger partial charge in [0.15, 0.2) is 0 Å². The molecule has 17 heavy (non-hydrogen) atoms. The summed E-state index contributed by atoms with van der Waals surface area (Å²) < 4.78 is 17.0. The van der Waals surface area contributed by atoms with E-state index in [0.29, 0.717) is 6.42 Å². The predicted octanol–water partition coefficient (Wildman–Crippen LogP) is 2.74. The second-order valence-corrected chi connectivity index (χ2v) is 9.30. The summed E-state index contributed by atoms with van der Waals surface area (Å²) >= 11 is 9.39. The first-order chi connectivity index (χ1) is 7.82. The Morgan fingerprint density at radius 2 is 1.71 bits per heavy atom. The van der Waals surface area contributed by atoms with Gasteiger partial charge in [-0.25, -0.2) is 4.39 Å². The van der Waals surface area contributed by atoms with Gasteiger partial charge in [0.05, 0.1) is 11.8 Å². The second-order valence-electron chi connectivity index (χ2n) is 4.87. The zero-order valence-electron chi connectivity index (χ0n) is 8.41. The van der Waals surface area contributed by atoms with Crippen molar-refractivity contribution >= 4 is 59.7 Å². The zero-order valence-corrected chi connectivity index (χ0v) is 13.2. The summed E-state index contributed by atoms with van der Waals surface area (Å²) in [5, 5.41) is 0. The predicted molar refractivity (Wildman–Crippen MR) is 67.6 cm³/mol. The number of alkyl halides is 4. The number of hydrogen-bond donors (Lipinski definition) is 0. The van der Waals surface area contributed by atoms with Crippen LogP contribution in [0.3, 0.4) is 0 Å². The van der Waals surface area contributed by atoms with Crippen molar-refractivity contribution < 1.29 is 18.7 Å². The van der Waals surface area contributed by atoms with Crippen molar-refractivity contribution in [3.8, 4) is 0 Å². The maximum absolute atomic E-state index is 14.0. The molecule has 3 fully saturated rings. The lowest BCUT2D eigenvalue weighted by atomic mass is 9.75. The van der Waals surface area contributed by atoms with E-state index in [2.05, 4.69) is 52.5 Å². The first kappa shape index (κ1) is 12.5. The minimum atomic E-state index is -1.72. The molecule has 2 saturated carbocycles. The molecule has 0 aromatic carbocycles. The van der Waals surface area contributed by atoms with Crippen LogP contribution in [0.25, 0.3) is 0 Å². The van der Waals surface area contributed by atoms with Gasteiger partial charge in [0, 0.05) is 10.7 Å². The summed E-state index contributed by atoms with van der Waals surface area (Å²) in [4.78, 5) is 23.1. The molecular weight excluding hydrogens is 427 g/mol. The first-order valence-electron chi connectivity index (χ1n) is 5.28. The summed E-state index contributed by atoms with van der Waals surface area (Å²) in [5.41, 5.74) is 0. The number of rotatable bonds is 1. The van der Waals surface area contributed by atoms with Crippen LogP contribution in [0, 0.1) is 29.6 Å². The molecule has 0 aromatic heterocycles. The minimum absolute atomic E-state index is 0.0147. The Morgan fingerprint density at radius 3 is 2.24 bits per heavy atom. The minimum Gasteiger partial charge on any atom is -0.393 e. The van der Waals surface area contributed by atoms with Crippen LogP contribution in [0.5, 0.6) is 0 Å². The normalized spacial score (nSPS) is 48.5. The van der Waals surface area contributed by atoms with Crippen molar-refractivity contribution in [2.75, 3.05) is 0 Å². The fourth-order valence-electron chi connectivity index (χ4n) is 3.64. The highest BCUT2D eigenvalue weighted by Crippen LogP contribution is 2.65. The van der Waals surface area contributed by atoms with Gasteiger partial charge < -0.3 is 4.74 Å². The monoisotopic (exact) mass is 432 g/mol. The molecule has 6 atom stereocenters. The number of halogens is 4. The Balaban J connectivity index is 1.98. The molecule has 0 radical (unpaired) electrons. The molecule has 3 aliphatic rings. The van der Waals surface area contributed by atoms with Crippen molar-refractivity contribution in [2.45, 2.75) is 14.7 Å². The SMILES string of the molecule is O=C1OC(=O)C2C3CC(C(Br)C3C(F)(Br)Br)C12. The molecule has 1 heterocycles. The molecule has 3 rings (SSSR count). The molecule has 3 nitrogen and oxygen atoms in total. The maximum atomic E-state index is 14.0. The maximum Gasteiger partial charge on any atom is 0.317 e.